The zero-order valence-electron chi connectivity index (χ0n) is 17.0. The van der Waals surface area contributed by atoms with Crippen molar-refractivity contribution in [3.8, 4) is 6.07 Å². The van der Waals surface area contributed by atoms with Crippen molar-refractivity contribution >= 4 is 28.8 Å². The SMILES string of the molecule is CC(C)C(C#N)N1CCN(C(=O)c2ccccc2N(C)C(=O)c2cccs2)CC1. The first-order valence-electron chi connectivity index (χ1n) is 9.77. The van der Waals surface area contributed by atoms with E-state index in [0.29, 0.717) is 42.3 Å². The largest absolute Gasteiger partial charge is 0.336 e. The van der Waals surface area contributed by atoms with Crippen LogP contribution < -0.4 is 4.90 Å². The highest BCUT2D eigenvalue weighted by molar-refractivity contribution is 7.12. The molecule has 2 aromatic rings. The smallest absolute Gasteiger partial charge is 0.268 e. The topological polar surface area (TPSA) is 67.7 Å². The third kappa shape index (κ3) is 4.50. The molecule has 152 valence electrons. The number of hydrogen-bond acceptors (Lipinski definition) is 5. The second kappa shape index (κ2) is 9.21. The summed E-state index contributed by atoms with van der Waals surface area (Å²) in [5.41, 5.74) is 1.13. The van der Waals surface area contributed by atoms with Crippen LogP contribution in [0.1, 0.15) is 33.9 Å². The van der Waals surface area contributed by atoms with E-state index in [1.807, 2.05) is 42.3 Å². The van der Waals surface area contributed by atoms with E-state index >= 15 is 0 Å². The Hall–Kier alpha value is -2.69. The maximum absolute atomic E-state index is 13.2. The molecule has 1 saturated heterocycles. The normalized spacial score (nSPS) is 15.8. The van der Waals surface area contributed by atoms with E-state index < -0.39 is 0 Å². The molecule has 0 aliphatic carbocycles. The number of anilines is 1. The Morgan fingerprint density at radius 1 is 1.10 bits per heavy atom. The van der Waals surface area contributed by atoms with Gasteiger partial charge < -0.3 is 9.80 Å². The fourth-order valence-electron chi connectivity index (χ4n) is 3.65. The number of nitriles is 1. The summed E-state index contributed by atoms with van der Waals surface area (Å²) >= 11 is 1.39. The van der Waals surface area contributed by atoms with Crippen LogP contribution in [0.5, 0.6) is 0 Å². The lowest BCUT2D eigenvalue weighted by molar-refractivity contribution is 0.0577. The van der Waals surface area contributed by atoms with Crippen LogP contribution in [0.25, 0.3) is 0 Å². The summed E-state index contributed by atoms with van der Waals surface area (Å²) in [5, 5.41) is 11.3. The summed E-state index contributed by atoms with van der Waals surface area (Å²) in [6.45, 7) is 6.58. The molecule has 0 bridgehead atoms. The van der Waals surface area contributed by atoms with E-state index in [4.69, 9.17) is 0 Å². The number of thiophene rings is 1. The summed E-state index contributed by atoms with van der Waals surface area (Å²) in [4.78, 5) is 32.1. The van der Waals surface area contributed by atoms with Crippen molar-refractivity contribution in [2.45, 2.75) is 19.9 Å². The predicted octanol–water partition coefficient (Wildman–Crippen LogP) is 3.33. The fraction of sp³-hybridized carbons (Fsp3) is 0.409. The summed E-state index contributed by atoms with van der Waals surface area (Å²) in [7, 11) is 1.70. The molecule has 1 unspecified atom stereocenters. The second-order valence-corrected chi connectivity index (χ2v) is 8.45. The third-order valence-corrected chi connectivity index (χ3v) is 6.15. The molecule has 7 heteroatoms. The zero-order chi connectivity index (χ0) is 21.0. The van der Waals surface area contributed by atoms with E-state index in [-0.39, 0.29) is 23.8 Å². The molecule has 1 atom stereocenters. The molecule has 1 aliphatic heterocycles. The van der Waals surface area contributed by atoms with Crippen LogP contribution in [-0.2, 0) is 0 Å². The molecule has 2 amide bonds. The Bertz CT molecular complexity index is 896. The molecule has 1 fully saturated rings. The molecule has 0 radical (unpaired) electrons. The number of carbonyl (C=O) groups excluding carboxylic acids is 2. The Morgan fingerprint density at radius 2 is 1.79 bits per heavy atom. The lowest BCUT2D eigenvalue weighted by atomic mass is 10.0. The van der Waals surface area contributed by atoms with E-state index in [9.17, 15) is 14.9 Å². The van der Waals surface area contributed by atoms with Gasteiger partial charge in [-0.25, -0.2) is 0 Å². The van der Waals surface area contributed by atoms with Crippen LogP contribution in [0.3, 0.4) is 0 Å². The number of carbonyl (C=O) groups is 2. The van der Waals surface area contributed by atoms with Gasteiger partial charge in [0.1, 0.15) is 6.04 Å². The summed E-state index contributed by atoms with van der Waals surface area (Å²) < 4.78 is 0. The molecule has 0 spiro atoms. The molecule has 0 N–H and O–H groups in total. The second-order valence-electron chi connectivity index (χ2n) is 7.50. The van der Waals surface area contributed by atoms with Crippen LogP contribution in [0.2, 0.25) is 0 Å². The average Bonchev–Trinajstić information content (AvgIpc) is 3.28. The highest BCUT2D eigenvalue weighted by Gasteiger charge is 2.29. The highest BCUT2D eigenvalue weighted by Crippen LogP contribution is 2.25. The van der Waals surface area contributed by atoms with E-state index in [2.05, 4.69) is 11.0 Å². The Morgan fingerprint density at radius 3 is 2.38 bits per heavy atom. The first-order valence-corrected chi connectivity index (χ1v) is 10.7. The van der Waals surface area contributed by atoms with Gasteiger partial charge in [-0.15, -0.1) is 11.3 Å². The maximum atomic E-state index is 13.2. The quantitative estimate of drug-likeness (QED) is 0.758. The highest BCUT2D eigenvalue weighted by atomic mass is 32.1. The van der Waals surface area contributed by atoms with Gasteiger partial charge in [0, 0.05) is 33.2 Å². The first kappa shape index (κ1) is 21.0. The van der Waals surface area contributed by atoms with E-state index in [1.165, 1.54) is 11.3 Å². The van der Waals surface area contributed by atoms with Crippen LogP contribution in [0, 0.1) is 17.2 Å². The van der Waals surface area contributed by atoms with Gasteiger partial charge in [-0.1, -0.05) is 32.0 Å². The molecule has 1 aromatic heterocycles. The number of piperazine rings is 1. The molecule has 1 aliphatic rings. The molecule has 1 aromatic carbocycles. The lowest BCUT2D eigenvalue weighted by Crippen LogP contribution is -2.53. The molecular formula is C22H26N4O2S. The van der Waals surface area contributed by atoms with Crippen molar-refractivity contribution < 1.29 is 9.59 Å². The number of benzene rings is 1. The van der Waals surface area contributed by atoms with Crippen LogP contribution >= 0.6 is 11.3 Å². The average molecular weight is 411 g/mol. The van der Waals surface area contributed by atoms with Crippen molar-refractivity contribution in [2.24, 2.45) is 5.92 Å². The van der Waals surface area contributed by atoms with Gasteiger partial charge in [0.15, 0.2) is 0 Å². The van der Waals surface area contributed by atoms with Gasteiger partial charge in [-0.2, -0.15) is 5.26 Å². The minimum absolute atomic E-state index is 0.0795. The van der Waals surface area contributed by atoms with Crippen molar-refractivity contribution in [1.82, 2.24) is 9.80 Å². The van der Waals surface area contributed by atoms with Gasteiger partial charge >= 0.3 is 0 Å². The van der Waals surface area contributed by atoms with Gasteiger partial charge in [-0.05, 0) is 29.5 Å². The van der Waals surface area contributed by atoms with Gasteiger partial charge in [0.2, 0.25) is 0 Å². The Kier molecular flexibility index (Phi) is 6.68. The maximum Gasteiger partial charge on any atom is 0.268 e. The van der Waals surface area contributed by atoms with Gasteiger partial charge in [0.25, 0.3) is 11.8 Å². The standard InChI is InChI=1S/C22H26N4O2S/c1-16(2)19(15-23)25-10-12-26(13-11-25)21(27)17-7-4-5-8-18(17)24(3)22(28)20-9-6-14-29-20/h4-9,14,16,19H,10-13H2,1-3H3. The molecule has 2 heterocycles. The van der Waals surface area contributed by atoms with Gasteiger partial charge in [-0.3, -0.25) is 14.5 Å². The third-order valence-electron chi connectivity index (χ3n) is 5.29. The van der Waals surface area contributed by atoms with Crippen LogP contribution in [0.4, 0.5) is 5.69 Å². The predicted molar refractivity (Wildman–Crippen MR) is 115 cm³/mol. The number of amides is 2. The van der Waals surface area contributed by atoms with Crippen molar-refractivity contribution in [2.75, 3.05) is 38.1 Å². The van der Waals surface area contributed by atoms with Crippen LogP contribution in [-0.4, -0.2) is 60.9 Å². The minimum Gasteiger partial charge on any atom is -0.336 e. The minimum atomic E-state index is -0.130. The number of nitrogens with zero attached hydrogens (tertiary/aromatic N) is 4. The molecular weight excluding hydrogens is 384 g/mol. The van der Waals surface area contributed by atoms with Crippen molar-refractivity contribution in [3.05, 3.63) is 52.2 Å². The van der Waals surface area contributed by atoms with Crippen LogP contribution in [0.15, 0.2) is 41.8 Å². The van der Waals surface area contributed by atoms with Crippen molar-refractivity contribution in [3.63, 3.8) is 0 Å². The van der Waals surface area contributed by atoms with E-state index in [1.54, 1.807) is 30.1 Å². The Balaban J connectivity index is 1.74. The monoisotopic (exact) mass is 410 g/mol. The fourth-order valence-corrected chi connectivity index (χ4v) is 4.35. The van der Waals surface area contributed by atoms with Gasteiger partial charge in [0.05, 0.1) is 22.2 Å². The van der Waals surface area contributed by atoms with E-state index in [0.717, 1.165) is 0 Å². The Labute approximate surface area is 175 Å². The van der Waals surface area contributed by atoms with Crippen molar-refractivity contribution in [1.29, 1.82) is 5.26 Å². The summed E-state index contributed by atoms with van der Waals surface area (Å²) in [5.74, 6) is 0.0443. The number of rotatable bonds is 5. The molecule has 0 saturated carbocycles. The number of para-hydroxylation sites is 1. The zero-order valence-corrected chi connectivity index (χ0v) is 17.9. The number of hydrogen-bond donors (Lipinski definition) is 0. The first-order chi connectivity index (χ1) is 13.9. The molecule has 6 nitrogen and oxygen atoms in total. The summed E-state index contributed by atoms with van der Waals surface area (Å²) in [6, 6.07) is 13.1. The summed E-state index contributed by atoms with van der Waals surface area (Å²) in [6.07, 6.45) is 0. The molecule has 29 heavy (non-hydrogen) atoms. The lowest BCUT2D eigenvalue weighted by Gasteiger charge is -2.38. The molecule has 3 rings (SSSR count).